The summed E-state index contributed by atoms with van der Waals surface area (Å²) >= 11 is 1.50. The molecule has 1 aromatic heterocycles. The second-order valence-corrected chi connectivity index (χ2v) is 8.12. The van der Waals surface area contributed by atoms with Crippen molar-refractivity contribution in [3.05, 3.63) is 41.2 Å². The van der Waals surface area contributed by atoms with E-state index in [4.69, 9.17) is 10.2 Å². The van der Waals surface area contributed by atoms with E-state index in [1.807, 2.05) is 13.8 Å². The van der Waals surface area contributed by atoms with Crippen LogP contribution in [0.1, 0.15) is 55.6 Å². The molecule has 0 unspecified atom stereocenters. The van der Waals surface area contributed by atoms with Gasteiger partial charge in [-0.2, -0.15) is 5.26 Å². The lowest BCUT2D eigenvalue weighted by Gasteiger charge is -2.18. The molecule has 1 saturated carbocycles. The Morgan fingerprint density at radius 2 is 2.12 bits per heavy atom. The number of anilines is 1. The van der Waals surface area contributed by atoms with E-state index in [9.17, 15) is 4.79 Å². The molecule has 1 aliphatic carbocycles. The summed E-state index contributed by atoms with van der Waals surface area (Å²) in [5, 5.41) is 12.5. The monoisotopic (exact) mass is 368 g/mol. The van der Waals surface area contributed by atoms with Crippen LogP contribution in [0.15, 0.2) is 29.4 Å². The summed E-state index contributed by atoms with van der Waals surface area (Å²) in [5.41, 5.74) is 3.42. The van der Waals surface area contributed by atoms with Crippen molar-refractivity contribution in [3.8, 4) is 6.07 Å². The van der Waals surface area contributed by atoms with Crippen LogP contribution < -0.4 is 5.32 Å². The van der Waals surface area contributed by atoms with E-state index in [-0.39, 0.29) is 11.2 Å². The van der Waals surface area contributed by atoms with Gasteiger partial charge in [0, 0.05) is 17.4 Å². The molecule has 3 rings (SSSR count). The summed E-state index contributed by atoms with van der Waals surface area (Å²) in [4.78, 5) is 17.3. The van der Waals surface area contributed by atoms with Crippen molar-refractivity contribution in [2.24, 2.45) is 0 Å². The largest absolute Gasteiger partial charge is 0.325 e. The van der Waals surface area contributed by atoms with Crippen LogP contribution in [-0.2, 0) is 4.79 Å². The van der Waals surface area contributed by atoms with Gasteiger partial charge in [-0.05, 0) is 51.8 Å². The molecule has 26 heavy (non-hydrogen) atoms. The second-order valence-electron chi connectivity index (χ2n) is 6.82. The topological polar surface area (TPSA) is 70.7 Å². The third-order valence-corrected chi connectivity index (χ3v) is 6.02. The van der Waals surface area contributed by atoms with Crippen LogP contribution in [0.5, 0.6) is 0 Å². The van der Waals surface area contributed by atoms with Crippen molar-refractivity contribution in [2.45, 2.75) is 62.9 Å². The molecule has 5 nitrogen and oxygen atoms in total. The Kier molecular flexibility index (Phi) is 5.67. The van der Waals surface area contributed by atoms with Crippen LogP contribution in [0.4, 0.5) is 5.69 Å². The van der Waals surface area contributed by atoms with Crippen LogP contribution in [0, 0.1) is 25.2 Å². The zero-order valence-corrected chi connectivity index (χ0v) is 16.3. The Bertz CT molecular complexity index is 846. The maximum absolute atomic E-state index is 12.6. The lowest BCUT2D eigenvalue weighted by Crippen LogP contribution is -2.23. The molecular weight excluding hydrogens is 344 g/mol. The van der Waals surface area contributed by atoms with Gasteiger partial charge in [0.2, 0.25) is 5.91 Å². The Hall–Kier alpha value is -2.26. The van der Waals surface area contributed by atoms with Crippen molar-refractivity contribution in [3.63, 3.8) is 0 Å². The Balaban J connectivity index is 1.73. The Morgan fingerprint density at radius 3 is 2.81 bits per heavy atom. The molecule has 6 heteroatoms. The summed E-state index contributed by atoms with van der Waals surface area (Å²) in [6, 6.07) is 9.56. The maximum atomic E-state index is 12.6. The number of rotatable bonds is 5. The van der Waals surface area contributed by atoms with Gasteiger partial charge in [0.15, 0.2) is 5.16 Å². The van der Waals surface area contributed by atoms with Gasteiger partial charge in [-0.25, -0.2) is 4.98 Å². The van der Waals surface area contributed by atoms with Gasteiger partial charge in [0.1, 0.15) is 0 Å². The van der Waals surface area contributed by atoms with Crippen LogP contribution in [0.25, 0.3) is 0 Å². The summed E-state index contributed by atoms with van der Waals surface area (Å²) in [6.07, 6.45) is 4.89. The van der Waals surface area contributed by atoms with Gasteiger partial charge in [-0.3, -0.25) is 4.79 Å². The number of nitrogens with one attached hydrogen (secondary N) is 1. The molecule has 1 fully saturated rings. The SMILES string of the molecule is Cc1nc(S[C@H](C)C(=O)Nc2cccc(C#N)c2)n(C2CCCC2)c1C. The summed E-state index contributed by atoms with van der Waals surface area (Å²) in [5.74, 6) is -0.0821. The van der Waals surface area contributed by atoms with E-state index in [1.54, 1.807) is 24.3 Å². The molecular formula is C20H24N4OS. The smallest absolute Gasteiger partial charge is 0.237 e. The standard InChI is InChI=1S/C20H24N4OS/c1-13-14(2)24(18-9-4-5-10-18)20(22-13)26-15(3)19(25)23-17-8-6-7-16(11-17)12-21/h6-8,11,15,18H,4-5,9-10H2,1-3H3,(H,23,25)/t15-/m1/s1. The van der Waals surface area contributed by atoms with Crippen LogP contribution >= 0.6 is 11.8 Å². The molecule has 1 atom stereocenters. The summed E-state index contributed by atoms with van der Waals surface area (Å²) in [7, 11) is 0. The van der Waals surface area contributed by atoms with Gasteiger partial charge in [0.05, 0.1) is 22.6 Å². The van der Waals surface area contributed by atoms with Crippen molar-refractivity contribution in [2.75, 3.05) is 5.32 Å². The fourth-order valence-electron chi connectivity index (χ4n) is 3.39. The van der Waals surface area contributed by atoms with Crippen LogP contribution in [-0.4, -0.2) is 20.7 Å². The number of thioether (sulfide) groups is 1. The van der Waals surface area contributed by atoms with E-state index in [2.05, 4.69) is 22.9 Å². The molecule has 2 aromatic rings. The summed E-state index contributed by atoms with van der Waals surface area (Å²) in [6.45, 7) is 6.04. The van der Waals surface area contributed by atoms with E-state index < -0.39 is 0 Å². The maximum Gasteiger partial charge on any atom is 0.237 e. The van der Waals surface area contributed by atoms with Crippen molar-refractivity contribution >= 4 is 23.4 Å². The lowest BCUT2D eigenvalue weighted by atomic mass is 10.2. The zero-order chi connectivity index (χ0) is 18.7. The molecule has 136 valence electrons. The molecule has 0 saturated heterocycles. The number of benzene rings is 1. The van der Waals surface area contributed by atoms with Gasteiger partial charge in [0.25, 0.3) is 0 Å². The first-order valence-electron chi connectivity index (χ1n) is 9.02. The van der Waals surface area contributed by atoms with E-state index in [1.165, 1.54) is 43.1 Å². The van der Waals surface area contributed by atoms with E-state index >= 15 is 0 Å². The molecule has 1 amide bonds. The highest BCUT2D eigenvalue weighted by molar-refractivity contribution is 8.00. The highest BCUT2D eigenvalue weighted by Gasteiger charge is 2.25. The number of amides is 1. The van der Waals surface area contributed by atoms with E-state index in [0.717, 1.165) is 10.9 Å². The molecule has 1 aromatic carbocycles. The van der Waals surface area contributed by atoms with E-state index in [0.29, 0.717) is 17.3 Å². The fraction of sp³-hybridized carbons (Fsp3) is 0.450. The molecule has 0 spiro atoms. The zero-order valence-electron chi connectivity index (χ0n) is 15.5. The third kappa shape index (κ3) is 3.94. The minimum absolute atomic E-state index is 0.0821. The quantitative estimate of drug-likeness (QED) is 0.783. The minimum Gasteiger partial charge on any atom is -0.325 e. The number of imidazole rings is 1. The van der Waals surface area contributed by atoms with Crippen molar-refractivity contribution in [1.82, 2.24) is 9.55 Å². The van der Waals surface area contributed by atoms with Gasteiger partial charge < -0.3 is 9.88 Å². The van der Waals surface area contributed by atoms with Gasteiger partial charge in [-0.1, -0.05) is 30.7 Å². The normalized spacial score (nSPS) is 15.6. The molecule has 0 aliphatic heterocycles. The number of nitriles is 1. The highest BCUT2D eigenvalue weighted by Crippen LogP contribution is 2.36. The molecule has 0 radical (unpaired) electrons. The minimum atomic E-state index is -0.276. The Labute approximate surface area is 158 Å². The Morgan fingerprint density at radius 1 is 1.38 bits per heavy atom. The number of aryl methyl sites for hydroxylation is 1. The number of nitrogens with zero attached hydrogens (tertiary/aromatic N) is 3. The van der Waals surface area contributed by atoms with Gasteiger partial charge in [-0.15, -0.1) is 0 Å². The van der Waals surface area contributed by atoms with Crippen LogP contribution in [0.3, 0.4) is 0 Å². The highest BCUT2D eigenvalue weighted by atomic mass is 32.2. The third-order valence-electron chi connectivity index (χ3n) is 4.95. The van der Waals surface area contributed by atoms with Crippen molar-refractivity contribution < 1.29 is 4.79 Å². The first-order valence-corrected chi connectivity index (χ1v) is 9.90. The molecule has 1 heterocycles. The van der Waals surface area contributed by atoms with Crippen LogP contribution in [0.2, 0.25) is 0 Å². The fourth-order valence-corrected chi connectivity index (χ4v) is 4.47. The van der Waals surface area contributed by atoms with Gasteiger partial charge >= 0.3 is 0 Å². The number of carbonyl (C=O) groups is 1. The average Bonchev–Trinajstić information content (AvgIpc) is 3.24. The number of hydrogen-bond donors (Lipinski definition) is 1. The average molecular weight is 369 g/mol. The second kappa shape index (κ2) is 7.96. The number of carbonyl (C=O) groups excluding carboxylic acids is 1. The number of hydrogen-bond acceptors (Lipinski definition) is 4. The predicted molar refractivity (Wildman–Crippen MR) is 104 cm³/mol. The molecule has 0 bridgehead atoms. The lowest BCUT2D eigenvalue weighted by molar-refractivity contribution is -0.115. The summed E-state index contributed by atoms with van der Waals surface area (Å²) < 4.78 is 2.33. The first-order chi connectivity index (χ1) is 12.5. The number of aromatic nitrogens is 2. The molecule has 1 N–H and O–H groups in total. The molecule has 1 aliphatic rings. The van der Waals surface area contributed by atoms with Crippen molar-refractivity contribution in [1.29, 1.82) is 5.26 Å². The predicted octanol–water partition coefficient (Wildman–Crippen LogP) is 4.61. The first kappa shape index (κ1) is 18.5.